The third-order valence-corrected chi connectivity index (χ3v) is 5.49. The molecule has 1 saturated heterocycles. The van der Waals surface area contributed by atoms with Gasteiger partial charge in [0.25, 0.3) is 5.91 Å². The Bertz CT molecular complexity index is 1050. The highest BCUT2D eigenvalue weighted by atomic mass is 16.5. The van der Waals surface area contributed by atoms with E-state index in [0.717, 1.165) is 22.8 Å². The van der Waals surface area contributed by atoms with Gasteiger partial charge < -0.3 is 24.0 Å². The lowest BCUT2D eigenvalue weighted by molar-refractivity contribution is -0.133. The molecule has 8 nitrogen and oxygen atoms in total. The van der Waals surface area contributed by atoms with E-state index in [1.54, 1.807) is 7.11 Å². The van der Waals surface area contributed by atoms with Gasteiger partial charge >= 0.3 is 0 Å². The number of nitrogens with zero attached hydrogens (tertiary/aromatic N) is 4. The van der Waals surface area contributed by atoms with Gasteiger partial charge in [0, 0.05) is 31.7 Å². The molecule has 172 valence electrons. The van der Waals surface area contributed by atoms with Gasteiger partial charge in [-0.3, -0.25) is 4.79 Å². The van der Waals surface area contributed by atoms with Crippen molar-refractivity contribution in [2.75, 3.05) is 51.4 Å². The van der Waals surface area contributed by atoms with Crippen LogP contribution >= 0.6 is 0 Å². The van der Waals surface area contributed by atoms with E-state index in [-0.39, 0.29) is 12.5 Å². The SMILES string of the molecule is CCOc1ccccc1OCC(=O)N1CCN(c2ccc(-c3ccc(OC)cc3)nn2)CC1. The van der Waals surface area contributed by atoms with E-state index < -0.39 is 0 Å². The molecule has 1 fully saturated rings. The number of carbonyl (C=O) groups is 1. The molecule has 3 aromatic rings. The summed E-state index contributed by atoms with van der Waals surface area (Å²) >= 11 is 0. The quantitative estimate of drug-likeness (QED) is 0.523. The molecule has 8 heteroatoms. The lowest BCUT2D eigenvalue weighted by Gasteiger charge is -2.35. The van der Waals surface area contributed by atoms with Gasteiger partial charge in [0.2, 0.25) is 0 Å². The first-order chi connectivity index (χ1) is 16.2. The Morgan fingerprint density at radius 3 is 2.18 bits per heavy atom. The highest BCUT2D eigenvalue weighted by Crippen LogP contribution is 2.26. The van der Waals surface area contributed by atoms with E-state index in [1.165, 1.54) is 0 Å². The molecule has 1 aliphatic rings. The van der Waals surface area contributed by atoms with Crippen LogP contribution in [0.5, 0.6) is 17.2 Å². The Balaban J connectivity index is 1.29. The maximum Gasteiger partial charge on any atom is 0.260 e. The molecule has 2 heterocycles. The Kier molecular flexibility index (Phi) is 7.24. The second kappa shape index (κ2) is 10.7. The minimum Gasteiger partial charge on any atom is -0.497 e. The van der Waals surface area contributed by atoms with Crippen LogP contribution in [0, 0.1) is 0 Å². The van der Waals surface area contributed by atoms with Crippen molar-refractivity contribution in [3.63, 3.8) is 0 Å². The van der Waals surface area contributed by atoms with E-state index >= 15 is 0 Å². The molecule has 1 aromatic heterocycles. The molecule has 0 unspecified atom stereocenters. The molecule has 0 atom stereocenters. The summed E-state index contributed by atoms with van der Waals surface area (Å²) in [6.45, 7) is 5.04. The largest absolute Gasteiger partial charge is 0.497 e. The van der Waals surface area contributed by atoms with Crippen LogP contribution in [0.4, 0.5) is 5.82 Å². The molecular formula is C25H28N4O4. The first kappa shape index (κ1) is 22.4. The predicted molar refractivity (Wildman–Crippen MR) is 126 cm³/mol. The molecule has 4 rings (SSSR count). The van der Waals surface area contributed by atoms with Crippen LogP contribution in [-0.2, 0) is 4.79 Å². The predicted octanol–water partition coefficient (Wildman–Crippen LogP) is 3.28. The molecule has 1 amide bonds. The number of methoxy groups -OCH3 is 1. The molecule has 33 heavy (non-hydrogen) atoms. The number of amides is 1. The smallest absolute Gasteiger partial charge is 0.260 e. The number of hydrogen-bond donors (Lipinski definition) is 0. The van der Waals surface area contributed by atoms with Crippen molar-refractivity contribution in [3.05, 3.63) is 60.7 Å². The minimum absolute atomic E-state index is 0.0134. The van der Waals surface area contributed by atoms with Crippen molar-refractivity contribution in [1.29, 1.82) is 0 Å². The van der Waals surface area contributed by atoms with Crippen LogP contribution in [0.2, 0.25) is 0 Å². The summed E-state index contributed by atoms with van der Waals surface area (Å²) < 4.78 is 16.5. The Hall–Kier alpha value is -3.81. The third-order valence-electron chi connectivity index (χ3n) is 5.49. The Morgan fingerprint density at radius 1 is 0.879 bits per heavy atom. The van der Waals surface area contributed by atoms with Crippen molar-refractivity contribution in [2.45, 2.75) is 6.92 Å². The maximum absolute atomic E-state index is 12.6. The zero-order valence-corrected chi connectivity index (χ0v) is 18.9. The molecule has 1 aliphatic heterocycles. The summed E-state index contributed by atoms with van der Waals surface area (Å²) in [5.74, 6) is 2.80. The number of anilines is 1. The highest BCUT2D eigenvalue weighted by Gasteiger charge is 2.23. The number of benzene rings is 2. The Morgan fingerprint density at radius 2 is 1.58 bits per heavy atom. The monoisotopic (exact) mass is 448 g/mol. The van der Waals surface area contributed by atoms with Gasteiger partial charge in [-0.2, -0.15) is 0 Å². The van der Waals surface area contributed by atoms with Crippen LogP contribution < -0.4 is 19.1 Å². The zero-order chi connectivity index (χ0) is 23.0. The van der Waals surface area contributed by atoms with E-state index in [1.807, 2.05) is 72.5 Å². The maximum atomic E-state index is 12.6. The van der Waals surface area contributed by atoms with Gasteiger partial charge in [0.15, 0.2) is 23.9 Å². The Labute approximate surface area is 193 Å². The normalized spacial score (nSPS) is 13.5. The van der Waals surface area contributed by atoms with Gasteiger partial charge in [0.1, 0.15) is 5.75 Å². The summed E-state index contributed by atoms with van der Waals surface area (Å²) in [7, 11) is 1.64. The topological polar surface area (TPSA) is 77.0 Å². The second-order valence-electron chi connectivity index (χ2n) is 7.54. The summed E-state index contributed by atoms with van der Waals surface area (Å²) in [6, 6.07) is 19.0. The van der Waals surface area contributed by atoms with Gasteiger partial charge in [-0.15, -0.1) is 10.2 Å². The van der Waals surface area contributed by atoms with E-state index in [4.69, 9.17) is 14.2 Å². The van der Waals surface area contributed by atoms with Crippen molar-refractivity contribution in [3.8, 4) is 28.5 Å². The molecule has 0 spiro atoms. The van der Waals surface area contributed by atoms with E-state index in [0.29, 0.717) is 44.3 Å². The van der Waals surface area contributed by atoms with Crippen molar-refractivity contribution >= 4 is 11.7 Å². The van der Waals surface area contributed by atoms with E-state index in [9.17, 15) is 4.79 Å². The van der Waals surface area contributed by atoms with Crippen LogP contribution in [0.15, 0.2) is 60.7 Å². The van der Waals surface area contributed by atoms with Crippen molar-refractivity contribution < 1.29 is 19.0 Å². The highest BCUT2D eigenvalue weighted by molar-refractivity contribution is 5.78. The number of aromatic nitrogens is 2. The minimum atomic E-state index is -0.0399. The van der Waals surface area contributed by atoms with Gasteiger partial charge in [-0.1, -0.05) is 12.1 Å². The number of para-hydroxylation sites is 2. The van der Waals surface area contributed by atoms with Crippen LogP contribution in [0.25, 0.3) is 11.3 Å². The van der Waals surface area contributed by atoms with Crippen molar-refractivity contribution in [2.24, 2.45) is 0 Å². The zero-order valence-electron chi connectivity index (χ0n) is 18.9. The molecular weight excluding hydrogens is 420 g/mol. The fraction of sp³-hybridized carbons (Fsp3) is 0.320. The van der Waals surface area contributed by atoms with Crippen LogP contribution in [0.3, 0.4) is 0 Å². The van der Waals surface area contributed by atoms with E-state index in [2.05, 4.69) is 15.1 Å². The summed E-state index contributed by atoms with van der Waals surface area (Å²) in [5.41, 5.74) is 1.79. The number of piperazine rings is 1. The first-order valence-corrected chi connectivity index (χ1v) is 11.0. The van der Waals surface area contributed by atoms with Gasteiger partial charge in [0.05, 0.1) is 19.4 Å². The molecule has 0 bridgehead atoms. The molecule has 0 N–H and O–H groups in total. The average Bonchev–Trinajstić information content (AvgIpc) is 2.88. The average molecular weight is 449 g/mol. The number of carbonyl (C=O) groups excluding carboxylic acids is 1. The lowest BCUT2D eigenvalue weighted by atomic mass is 10.1. The molecule has 2 aromatic carbocycles. The van der Waals surface area contributed by atoms with Crippen molar-refractivity contribution in [1.82, 2.24) is 15.1 Å². The van der Waals surface area contributed by atoms with Gasteiger partial charge in [-0.25, -0.2) is 0 Å². The summed E-state index contributed by atoms with van der Waals surface area (Å²) in [5, 5.41) is 8.77. The molecule has 0 saturated carbocycles. The molecule has 0 aliphatic carbocycles. The summed E-state index contributed by atoms with van der Waals surface area (Å²) in [4.78, 5) is 16.6. The first-order valence-electron chi connectivity index (χ1n) is 11.0. The summed E-state index contributed by atoms with van der Waals surface area (Å²) in [6.07, 6.45) is 0. The van der Waals surface area contributed by atoms with Crippen LogP contribution in [0.1, 0.15) is 6.92 Å². The number of ether oxygens (including phenoxy) is 3. The number of hydrogen-bond acceptors (Lipinski definition) is 7. The van der Waals surface area contributed by atoms with Gasteiger partial charge in [-0.05, 0) is 55.5 Å². The van der Waals surface area contributed by atoms with Crippen LogP contribution in [-0.4, -0.2) is 67.5 Å². The number of rotatable bonds is 8. The third kappa shape index (κ3) is 5.52. The second-order valence-corrected chi connectivity index (χ2v) is 7.54. The fourth-order valence-electron chi connectivity index (χ4n) is 3.67. The standard InChI is InChI=1S/C25H28N4O4/c1-3-32-22-6-4-5-7-23(22)33-18-25(30)29-16-14-28(15-17-29)24-13-12-21(26-27-24)19-8-10-20(31-2)11-9-19/h4-13H,3,14-18H2,1-2H3. The fourth-order valence-corrected chi connectivity index (χ4v) is 3.67. The molecule has 0 radical (unpaired) electrons. The lowest BCUT2D eigenvalue weighted by Crippen LogP contribution is -2.50.